The van der Waals surface area contributed by atoms with E-state index in [2.05, 4.69) is 0 Å². The third kappa shape index (κ3) is 3.90. The second-order valence-electron chi connectivity index (χ2n) is 3.62. The average Bonchev–Trinajstić information content (AvgIpc) is 2.36. The summed E-state index contributed by atoms with van der Waals surface area (Å²) in [7, 11) is 0. The van der Waals surface area contributed by atoms with Crippen LogP contribution in [-0.2, 0) is 4.74 Å². The van der Waals surface area contributed by atoms with E-state index in [1.54, 1.807) is 13.0 Å². The van der Waals surface area contributed by atoms with Gasteiger partial charge in [-0.2, -0.15) is 0 Å². The van der Waals surface area contributed by atoms with Crippen molar-refractivity contribution in [3.63, 3.8) is 0 Å². The average molecular weight is 255 g/mol. The molecule has 0 saturated heterocycles. The fourth-order valence-electron chi connectivity index (χ4n) is 1.27. The van der Waals surface area contributed by atoms with Crippen LogP contribution in [0.3, 0.4) is 0 Å². The number of anilines is 1. The molecule has 0 heterocycles. The van der Waals surface area contributed by atoms with Gasteiger partial charge in [-0.05, 0) is 19.1 Å². The first-order chi connectivity index (χ1) is 8.58. The maximum absolute atomic E-state index is 11.6. The number of aliphatic hydroxyl groups is 2. The molecule has 1 aromatic rings. The maximum atomic E-state index is 11.6. The highest BCUT2D eigenvalue weighted by molar-refractivity contribution is 5.93. The van der Waals surface area contributed by atoms with E-state index in [-0.39, 0.29) is 24.5 Å². The summed E-state index contributed by atoms with van der Waals surface area (Å²) < 4.78 is 10.1. The SMILES string of the molecule is CCOC(=O)c1ccc(N)cc1OCC(O)CO. The molecule has 1 unspecified atom stereocenters. The van der Waals surface area contributed by atoms with Crippen LogP contribution in [0.5, 0.6) is 5.75 Å². The van der Waals surface area contributed by atoms with Crippen molar-refractivity contribution in [3.8, 4) is 5.75 Å². The lowest BCUT2D eigenvalue weighted by Gasteiger charge is -2.13. The molecule has 0 spiro atoms. The molecule has 100 valence electrons. The topological polar surface area (TPSA) is 102 Å². The molecule has 1 aromatic carbocycles. The number of nitrogens with two attached hydrogens (primary N) is 1. The number of carbonyl (C=O) groups is 1. The summed E-state index contributed by atoms with van der Waals surface area (Å²) in [5.74, 6) is -0.299. The van der Waals surface area contributed by atoms with Crippen LogP contribution in [0, 0.1) is 0 Å². The quantitative estimate of drug-likeness (QED) is 0.495. The Balaban J connectivity index is 2.86. The first-order valence-corrected chi connectivity index (χ1v) is 5.56. The van der Waals surface area contributed by atoms with Gasteiger partial charge in [0.15, 0.2) is 0 Å². The first kappa shape index (κ1) is 14.3. The van der Waals surface area contributed by atoms with Crippen LogP contribution in [0.15, 0.2) is 18.2 Å². The molecule has 4 N–H and O–H groups in total. The van der Waals surface area contributed by atoms with E-state index in [1.807, 2.05) is 0 Å². The number of carbonyl (C=O) groups excluding carboxylic acids is 1. The number of nitrogen functional groups attached to an aromatic ring is 1. The lowest BCUT2D eigenvalue weighted by Crippen LogP contribution is -2.22. The van der Waals surface area contributed by atoms with Crippen LogP contribution in [0.1, 0.15) is 17.3 Å². The standard InChI is InChI=1S/C12H17NO5/c1-2-17-12(16)10-4-3-8(13)5-11(10)18-7-9(15)6-14/h3-5,9,14-15H,2,6-7,13H2,1H3. The predicted molar refractivity (Wildman–Crippen MR) is 65.4 cm³/mol. The second kappa shape index (κ2) is 6.83. The van der Waals surface area contributed by atoms with Gasteiger partial charge in [0.2, 0.25) is 0 Å². The van der Waals surface area contributed by atoms with Crippen LogP contribution in [0.4, 0.5) is 5.69 Å². The summed E-state index contributed by atoms with van der Waals surface area (Å²) in [6, 6.07) is 4.52. The molecule has 0 bridgehead atoms. The van der Waals surface area contributed by atoms with Gasteiger partial charge < -0.3 is 25.4 Å². The highest BCUT2D eigenvalue weighted by Gasteiger charge is 2.15. The fourth-order valence-corrected chi connectivity index (χ4v) is 1.27. The normalized spacial score (nSPS) is 11.9. The molecule has 0 aromatic heterocycles. The van der Waals surface area contributed by atoms with Crippen molar-refractivity contribution in [2.45, 2.75) is 13.0 Å². The van der Waals surface area contributed by atoms with Gasteiger partial charge in [0, 0.05) is 11.8 Å². The number of hydrogen-bond acceptors (Lipinski definition) is 6. The lowest BCUT2D eigenvalue weighted by molar-refractivity contribution is 0.0473. The van der Waals surface area contributed by atoms with Crippen LogP contribution < -0.4 is 10.5 Å². The van der Waals surface area contributed by atoms with Crippen molar-refractivity contribution in [2.24, 2.45) is 0 Å². The number of benzene rings is 1. The van der Waals surface area contributed by atoms with E-state index in [0.717, 1.165) is 0 Å². The number of esters is 1. The molecule has 18 heavy (non-hydrogen) atoms. The van der Waals surface area contributed by atoms with Crippen molar-refractivity contribution < 1.29 is 24.5 Å². The number of ether oxygens (including phenoxy) is 2. The van der Waals surface area contributed by atoms with Gasteiger partial charge in [0.25, 0.3) is 0 Å². The van der Waals surface area contributed by atoms with Gasteiger partial charge in [0.1, 0.15) is 24.0 Å². The summed E-state index contributed by atoms with van der Waals surface area (Å²) in [6.07, 6.45) is -1.01. The molecule has 0 aliphatic carbocycles. The van der Waals surface area contributed by atoms with Gasteiger partial charge in [-0.15, -0.1) is 0 Å². The zero-order valence-electron chi connectivity index (χ0n) is 10.1. The minimum absolute atomic E-state index is 0.133. The molecule has 6 heteroatoms. The van der Waals surface area contributed by atoms with Crippen LogP contribution >= 0.6 is 0 Å². The molecule has 0 radical (unpaired) electrons. The Morgan fingerprint density at radius 2 is 2.22 bits per heavy atom. The summed E-state index contributed by atoms with van der Waals surface area (Å²) in [4.78, 5) is 11.6. The third-order valence-electron chi connectivity index (χ3n) is 2.14. The smallest absolute Gasteiger partial charge is 0.341 e. The van der Waals surface area contributed by atoms with Crippen LogP contribution in [0.2, 0.25) is 0 Å². The maximum Gasteiger partial charge on any atom is 0.341 e. The number of rotatable bonds is 6. The number of aliphatic hydroxyl groups excluding tert-OH is 2. The van der Waals surface area contributed by atoms with Gasteiger partial charge in [-0.3, -0.25) is 0 Å². The van der Waals surface area contributed by atoms with E-state index in [9.17, 15) is 9.90 Å². The Hall–Kier alpha value is -1.79. The van der Waals surface area contributed by atoms with E-state index in [1.165, 1.54) is 12.1 Å². The van der Waals surface area contributed by atoms with Crippen LogP contribution in [0.25, 0.3) is 0 Å². The summed E-state index contributed by atoms with van der Waals surface area (Å²) in [5.41, 5.74) is 6.26. The van der Waals surface area contributed by atoms with E-state index < -0.39 is 18.7 Å². The lowest BCUT2D eigenvalue weighted by atomic mass is 10.2. The Labute approximate surface area is 105 Å². The molecule has 0 amide bonds. The molecule has 0 fully saturated rings. The van der Waals surface area contributed by atoms with Crippen molar-refractivity contribution in [1.29, 1.82) is 0 Å². The van der Waals surface area contributed by atoms with Gasteiger partial charge in [-0.25, -0.2) is 4.79 Å². The monoisotopic (exact) mass is 255 g/mol. The zero-order chi connectivity index (χ0) is 13.5. The van der Waals surface area contributed by atoms with E-state index in [0.29, 0.717) is 5.69 Å². The molecular weight excluding hydrogens is 238 g/mol. The first-order valence-electron chi connectivity index (χ1n) is 5.56. The summed E-state index contributed by atoms with van der Waals surface area (Å²) in [5, 5.41) is 17.9. The minimum Gasteiger partial charge on any atom is -0.490 e. The van der Waals surface area contributed by atoms with Crippen LogP contribution in [-0.4, -0.2) is 42.1 Å². The molecule has 0 aliphatic heterocycles. The zero-order valence-corrected chi connectivity index (χ0v) is 10.1. The van der Waals surface area contributed by atoms with Gasteiger partial charge >= 0.3 is 5.97 Å². The highest BCUT2D eigenvalue weighted by atomic mass is 16.5. The Morgan fingerprint density at radius 1 is 1.50 bits per heavy atom. The van der Waals surface area contributed by atoms with E-state index in [4.69, 9.17) is 20.3 Å². The molecule has 1 rings (SSSR count). The van der Waals surface area contributed by atoms with Gasteiger partial charge in [-0.1, -0.05) is 0 Å². The summed E-state index contributed by atoms with van der Waals surface area (Å²) in [6.45, 7) is 1.40. The second-order valence-corrected chi connectivity index (χ2v) is 3.62. The molecule has 0 aliphatic rings. The predicted octanol–water partition coefficient (Wildman–Crippen LogP) is 0.178. The minimum atomic E-state index is -1.01. The van der Waals surface area contributed by atoms with Gasteiger partial charge in [0.05, 0.1) is 13.2 Å². The van der Waals surface area contributed by atoms with E-state index >= 15 is 0 Å². The molecule has 1 atom stereocenters. The van der Waals surface area contributed by atoms with Crippen molar-refractivity contribution in [2.75, 3.05) is 25.6 Å². The number of hydrogen-bond donors (Lipinski definition) is 3. The largest absolute Gasteiger partial charge is 0.490 e. The third-order valence-corrected chi connectivity index (χ3v) is 2.14. The Bertz CT molecular complexity index is 407. The van der Waals surface area contributed by atoms with Crippen molar-refractivity contribution in [1.82, 2.24) is 0 Å². The fraction of sp³-hybridized carbons (Fsp3) is 0.417. The Kier molecular flexibility index (Phi) is 5.41. The summed E-state index contributed by atoms with van der Waals surface area (Å²) >= 11 is 0. The molecule has 0 saturated carbocycles. The van der Waals surface area contributed by atoms with Crippen molar-refractivity contribution in [3.05, 3.63) is 23.8 Å². The molecule has 6 nitrogen and oxygen atoms in total. The Morgan fingerprint density at radius 3 is 2.83 bits per heavy atom. The molecular formula is C12H17NO5. The van der Waals surface area contributed by atoms with Crippen molar-refractivity contribution >= 4 is 11.7 Å². The highest BCUT2D eigenvalue weighted by Crippen LogP contribution is 2.23.